The monoisotopic (exact) mass is 384 g/mol. The molecule has 0 spiro atoms. The summed E-state index contributed by atoms with van der Waals surface area (Å²) in [5.74, 6) is 0.620. The topological polar surface area (TPSA) is 63.0 Å². The lowest BCUT2D eigenvalue weighted by molar-refractivity contribution is -0.142. The van der Waals surface area contributed by atoms with E-state index in [1.807, 2.05) is 19.9 Å². The minimum absolute atomic E-state index is 0.0154. The first-order valence-corrected chi connectivity index (χ1v) is 9.65. The van der Waals surface area contributed by atoms with Gasteiger partial charge in [0.2, 0.25) is 11.8 Å². The molecule has 2 atom stereocenters. The number of hydrogen-bond acceptors (Lipinski definition) is 4. The molecule has 26 heavy (non-hydrogen) atoms. The fraction of sp³-hybridized carbons (Fsp3) is 0.684. The summed E-state index contributed by atoms with van der Waals surface area (Å²) in [5, 5.41) is -0.654. The van der Waals surface area contributed by atoms with E-state index >= 15 is 0 Å². The molecule has 6 nitrogen and oxygen atoms in total. The molecule has 0 radical (unpaired) electrons. The Morgan fingerprint density at radius 2 is 2.08 bits per heavy atom. The molecule has 1 aliphatic heterocycles. The Labute approximate surface area is 160 Å². The Morgan fingerprint density at radius 3 is 2.62 bits per heavy atom. The van der Waals surface area contributed by atoms with Gasteiger partial charge >= 0.3 is 0 Å². The normalized spacial score (nSPS) is 18.1. The molecule has 2 unspecified atom stereocenters. The van der Waals surface area contributed by atoms with Crippen LogP contribution in [0, 0.1) is 5.92 Å². The maximum atomic E-state index is 13.0. The largest absolute Gasteiger partial charge is 0.467 e. The first-order valence-electron chi connectivity index (χ1n) is 9.21. The summed E-state index contributed by atoms with van der Waals surface area (Å²) < 4.78 is 11.1. The molecular weight excluding hydrogens is 356 g/mol. The molecule has 2 amide bonds. The van der Waals surface area contributed by atoms with Gasteiger partial charge in [-0.3, -0.25) is 9.59 Å². The highest BCUT2D eigenvalue weighted by Gasteiger charge is 2.27. The average molecular weight is 385 g/mol. The van der Waals surface area contributed by atoms with Crippen molar-refractivity contribution < 1.29 is 18.7 Å². The fourth-order valence-corrected chi connectivity index (χ4v) is 3.21. The highest BCUT2D eigenvalue weighted by Crippen LogP contribution is 2.16. The summed E-state index contributed by atoms with van der Waals surface area (Å²) >= 11 is 5.97. The second-order valence-electron chi connectivity index (χ2n) is 7.22. The summed E-state index contributed by atoms with van der Waals surface area (Å²) in [6.45, 7) is 7.76. The number of hydrogen-bond donors (Lipinski definition) is 0. The molecule has 0 bridgehead atoms. The summed E-state index contributed by atoms with van der Waals surface area (Å²) in [6.07, 6.45) is 3.58. The molecule has 1 fully saturated rings. The smallest absolute Gasteiger partial charge is 0.242 e. The molecule has 1 aromatic rings. The number of carbonyl (C=O) groups is 2. The highest BCUT2D eigenvalue weighted by atomic mass is 35.5. The van der Waals surface area contributed by atoms with E-state index < -0.39 is 5.38 Å². The number of rotatable bonds is 9. The third-order valence-electron chi connectivity index (χ3n) is 4.29. The third kappa shape index (κ3) is 6.32. The van der Waals surface area contributed by atoms with Crippen molar-refractivity contribution in [3.8, 4) is 0 Å². The molecule has 1 aromatic heterocycles. The van der Waals surface area contributed by atoms with Crippen molar-refractivity contribution in [3.63, 3.8) is 0 Å². The van der Waals surface area contributed by atoms with Crippen LogP contribution in [-0.2, 0) is 20.9 Å². The predicted molar refractivity (Wildman–Crippen MR) is 99.8 cm³/mol. The SMILES string of the molecule is CC(C)CN(CC(=O)N(Cc1ccco1)CC1CCCO1)C(=O)C(C)Cl. The average Bonchev–Trinajstić information content (AvgIpc) is 3.26. The van der Waals surface area contributed by atoms with Crippen molar-refractivity contribution >= 4 is 23.4 Å². The first kappa shape index (κ1) is 20.8. The van der Waals surface area contributed by atoms with Crippen LogP contribution in [0.1, 0.15) is 39.4 Å². The Hall–Kier alpha value is -1.53. The molecule has 0 aromatic carbocycles. The molecule has 7 heteroatoms. The van der Waals surface area contributed by atoms with E-state index in [4.69, 9.17) is 20.8 Å². The van der Waals surface area contributed by atoms with Crippen LogP contribution in [0.4, 0.5) is 0 Å². The lowest BCUT2D eigenvalue weighted by Gasteiger charge is -2.30. The summed E-state index contributed by atoms with van der Waals surface area (Å²) in [7, 11) is 0. The molecule has 1 aliphatic rings. The van der Waals surface area contributed by atoms with Crippen LogP contribution in [0.5, 0.6) is 0 Å². The van der Waals surface area contributed by atoms with E-state index in [0.717, 1.165) is 19.4 Å². The maximum absolute atomic E-state index is 13.0. The van der Waals surface area contributed by atoms with E-state index in [1.165, 1.54) is 0 Å². The van der Waals surface area contributed by atoms with E-state index in [9.17, 15) is 9.59 Å². The molecule has 0 aliphatic carbocycles. The number of halogens is 1. The number of nitrogens with zero attached hydrogens (tertiary/aromatic N) is 2. The third-order valence-corrected chi connectivity index (χ3v) is 4.48. The zero-order valence-electron chi connectivity index (χ0n) is 15.8. The van der Waals surface area contributed by atoms with Gasteiger partial charge in [-0.05, 0) is 37.8 Å². The predicted octanol–water partition coefficient (Wildman–Crippen LogP) is 2.90. The van der Waals surface area contributed by atoms with Crippen LogP contribution in [0.3, 0.4) is 0 Å². The lowest BCUT2D eigenvalue weighted by atomic mass is 10.2. The lowest BCUT2D eigenvalue weighted by Crippen LogP contribution is -2.47. The zero-order chi connectivity index (χ0) is 19.1. The summed E-state index contributed by atoms with van der Waals surface area (Å²) in [4.78, 5) is 28.6. The van der Waals surface area contributed by atoms with Crippen LogP contribution < -0.4 is 0 Å². The Morgan fingerprint density at radius 1 is 1.31 bits per heavy atom. The Balaban J connectivity index is 2.07. The van der Waals surface area contributed by atoms with Gasteiger partial charge in [0.05, 0.1) is 25.5 Å². The van der Waals surface area contributed by atoms with E-state index in [2.05, 4.69) is 0 Å². The number of carbonyl (C=O) groups excluding carboxylic acids is 2. The zero-order valence-corrected chi connectivity index (χ0v) is 16.6. The van der Waals surface area contributed by atoms with Crippen LogP contribution >= 0.6 is 11.6 Å². The number of furan rings is 1. The van der Waals surface area contributed by atoms with E-state index in [1.54, 1.807) is 29.1 Å². The van der Waals surface area contributed by atoms with Crippen molar-refractivity contribution in [2.45, 2.75) is 51.6 Å². The van der Waals surface area contributed by atoms with Gasteiger partial charge in [0.1, 0.15) is 11.1 Å². The van der Waals surface area contributed by atoms with E-state index in [-0.39, 0.29) is 30.4 Å². The number of alkyl halides is 1. The minimum atomic E-state index is -0.654. The molecule has 1 saturated heterocycles. The van der Waals surface area contributed by atoms with Crippen molar-refractivity contribution in [2.75, 3.05) is 26.2 Å². The second-order valence-corrected chi connectivity index (χ2v) is 7.87. The summed E-state index contributed by atoms with van der Waals surface area (Å²) in [5.41, 5.74) is 0. The van der Waals surface area contributed by atoms with Crippen LogP contribution in [0.15, 0.2) is 22.8 Å². The highest BCUT2D eigenvalue weighted by molar-refractivity contribution is 6.30. The molecule has 146 valence electrons. The van der Waals surface area contributed by atoms with Gasteiger partial charge in [-0.15, -0.1) is 11.6 Å². The van der Waals surface area contributed by atoms with Crippen molar-refractivity contribution in [1.29, 1.82) is 0 Å². The first-order chi connectivity index (χ1) is 12.4. The van der Waals surface area contributed by atoms with Crippen LogP contribution in [0.2, 0.25) is 0 Å². The minimum Gasteiger partial charge on any atom is -0.467 e. The van der Waals surface area contributed by atoms with Crippen LogP contribution in [-0.4, -0.2) is 59.3 Å². The van der Waals surface area contributed by atoms with Crippen molar-refractivity contribution in [2.24, 2.45) is 5.92 Å². The molecule has 0 N–H and O–H groups in total. The maximum Gasteiger partial charge on any atom is 0.242 e. The van der Waals surface area contributed by atoms with Crippen molar-refractivity contribution in [1.82, 2.24) is 9.80 Å². The molecule has 2 heterocycles. The fourth-order valence-electron chi connectivity index (χ4n) is 3.07. The quantitative estimate of drug-likeness (QED) is 0.614. The van der Waals surface area contributed by atoms with Gasteiger partial charge in [0.25, 0.3) is 0 Å². The van der Waals surface area contributed by atoms with Gasteiger partial charge in [-0.2, -0.15) is 0 Å². The molecule has 2 rings (SSSR count). The van der Waals surface area contributed by atoms with Gasteiger partial charge in [0.15, 0.2) is 0 Å². The number of amides is 2. The number of ether oxygens (including phenoxy) is 1. The molecular formula is C19H29ClN2O4. The molecule has 0 saturated carbocycles. The van der Waals surface area contributed by atoms with E-state index in [0.29, 0.717) is 25.4 Å². The standard InChI is InChI=1S/C19H29ClN2O4/c1-14(2)10-22(19(24)15(3)20)13-18(23)21(11-16-6-4-8-25-16)12-17-7-5-9-26-17/h4,6,8,14-15,17H,5,7,9-13H2,1-3H3. The Kier molecular flexibility index (Phi) is 7.97. The summed E-state index contributed by atoms with van der Waals surface area (Å²) in [6, 6.07) is 3.64. The van der Waals surface area contributed by atoms with Gasteiger partial charge in [-0.1, -0.05) is 13.8 Å². The van der Waals surface area contributed by atoms with Gasteiger partial charge in [0, 0.05) is 19.7 Å². The van der Waals surface area contributed by atoms with Gasteiger partial charge < -0.3 is 19.0 Å². The Bertz CT molecular complexity index is 568. The van der Waals surface area contributed by atoms with Crippen LogP contribution in [0.25, 0.3) is 0 Å². The van der Waals surface area contributed by atoms with Gasteiger partial charge in [-0.25, -0.2) is 0 Å². The second kappa shape index (κ2) is 9.97. The van der Waals surface area contributed by atoms with Crippen molar-refractivity contribution in [3.05, 3.63) is 24.2 Å².